The summed E-state index contributed by atoms with van der Waals surface area (Å²) in [4.78, 5) is 37.8. The Hall–Kier alpha value is -2.64. The summed E-state index contributed by atoms with van der Waals surface area (Å²) < 4.78 is 18.1. The number of nitrogens with one attached hydrogen (secondary N) is 1. The maximum Gasteiger partial charge on any atom is 0.311 e. The second kappa shape index (κ2) is 8.58. The highest BCUT2D eigenvalue weighted by Gasteiger charge is 2.37. The van der Waals surface area contributed by atoms with Crippen LogP contribution >= 0.6 is 23.2 Å². The minimum atomic E-state index is -0.697. The fourth-order valence-corrected chi connectivity index (χ4v) is 3.21. The maximum absolute atomic E-state index is 13.1. The summed E-state index contributed by atoms with van der Waals surface area (Å²) in [6, 6.07) is 10.5. The van der Waals surface area contributed by atoms with Crippen LogP contribution in [0, 0.1) is 11.7 Å². The number of ether oxygens (including phenoxy) is 1. The lowest BCUT2D eigenvalue weighted by Crippen LogP contribution is -2.28. The Kier molecular flexibility index (Phi) is 6.16. The molecular formula is C19H15Cl2FN2O4. The van der Waals surface area contributed by atoms with Crippen molar-refractivity contribution in [1.82, 2.24) is 0 Å². The lowest BCUT2D eigenvalue weighted by Gasteiger charge is -2.17. The van der Waals surface area contributed by atoms with E-state index >= 15 is 0 Å². The zero-order chi connectivity index (χ0) is 20.3. The molecule has 0 bridgehead atoms. The van der Waals surface area contributed by atoms with Crippen molar-refractivity contribution >= 4 is 52.4 Å². The van der Waals surface area contributed by atoms with Gasteiger partial charge in [-0.05, 0) is 30.3 Å². The van der Waals surface area contributed by atoms with Gasteiger partial charge in [-0.1, -0.05) is 35.3 Å². The molecule has 146 valence electrons. The minimum Gasteiger partial charge on any atom is -0.455 e. The van der Waals surface area contributed by atoms with Crippen LogP contribution in [-0.4, -0.2) is 30.9 Å². The van der Waals surface area contributed by atoms with Gasteiger partial charge in [0.2, 0.25) is 5.91 Å². The zero-order valence-corrected chi connectivity index (χ0v) is 16.0. The first-order valence-corrected chi connectivity index (χ1v) is 9.07. The van der Waals surface area contributed by atoms with E-state index in [0.29, 0.717) is 10.7 Å². The van der Waals surface area contributed by atoms with Gasteiger partial charge >= 0.3 is 5.97 Å². The topological polar surface area (TPSA) is 75.7 Å². The van der Waals surface area contributed by atoms with Gasteiger partial charge < -0.3 is 15.0 Å². The first kappa shape index (κ1) is 20.1. The molecule has 2 aromatic rings. The van der Waals surface area contributed by atoms with Crippen molar-refractivity contribution < 1.29 is 23.5 Å². The molecule has 0 saturated carbocycles. The predicted molar refractivity (Wildman–Crippen MR) is 103 cm³/mol. The molecule has 1 saturated heterocycles. The number of amides is 2. The van der Waals surface area contributed by atoms with Gasteiger partial charge in [-0.25, -0.2) is 4.39 Å². The number of para-hydroxylation sites is 1. The summed E-state index contributed by atoms with van der Waals surface area (Å²) in [6.07, 6.45) is -0.0285. The highest BCUT2D eigenvalue weighted by atomic mass is 35.5. The molecule has 1 aliphatic heterocycles. The van der Waals surface area contributed by atoms with Crippen molar-refractivity contribution in [3.63, 3.8) is 0 Å². The van der Waals surface area contributed by atoms with E-state index in [0.717, 1.165) is 6.07 Å². The molecule has 1 heterocycles. The Labute approximate surface area is 170 Å². The molecule has 0 spiro atoms. The van der Waals surface area contributed by atoms with Gasteiger partial charge in [-0.15, -0.1) is 0 Å². The van der Waals surface area contributed by atoms with E-state index in [-0.39, 0.29) is 29.6 Å². The van der Waals surface area contributed by atoms with E-state index in [1.165, 1.54) is 17.0 Å². The summed E-state index contributed by atoms with van der Waals surface area (Å²) >= 11 is 11.7. The van der Waals surface area contributed by atoms with Crippen molar-refractivity contribution in [3.8, 4) is 0 Å². The number of esters is 1. The molecule has 0 aromatic heterocycles. The number of nitrogens with zero attached hydrogens (tertiary/aromatic N) is 1. The first-order chi connectivity index (χ1) is 13.3. The van der Waals surface area contributed by atoms with Crippen LogP contribution in [0.3, 0.4) is 0 Å². The molecule has 6 nitrogen and oxygen atoms in total. The van der Waals surface area contributed by atoms with Gasteiger partial charge in [-0.2, -0.15) is 0 Å². The van der Waals surface area contributed by atoms with E-state index in [9.17, 15) is 18.8 Å². The van der Waals surface area contributed by atoms with Gasteiger partial charge in [0.1, 0.15) is 5.82 Å². The molecular weight excluding hydrogens is 410 g/mol. The van der Waals surface area contributed by atoms with Gasteiger partial charge in [0.15, 0.2) is 6.61 Å². The maximum atomic E-state index is 13.1. The van der Waals surface area contributed by atoms with Crippen LogP contribution in [0.4, 0.5) is 15.8 Å². The summed E-state index contributed by atoms with van der Waals surface area (Å²) in [5, 5.41) is 2.71. The smallest absolute Gasteiger partial charge is 0.311 e. The van der Waals surface area contributed by atoms with Crippen LogP contribution in [-0.2, 0) is 19.1 Å². The number of hydrogen-bond acceptors (Lipinski definition) is 4. The fraction of sp³-hybridized carbons (Fsp3) is 0.211. The molecule has 0 aliphatic carbocycles. The standard InChI is InChI=1S/C19H15Cl2FN2O4/c20-13-3-1-2-4-16(13)24-9-11(7-18(24)26)19(27)28-10-17(25)23-12-5-6-15(22)14(21)8-12/h1-6,8,11H,7,9-10H2,(H,23,25)/t11-/m0/s1. The molecule has 0 radical (unpaired) electrons. The molecule has 1 atom stereocenters. The third kappa shape index (κ3) is 4.61. The molecule has 1 aliphatic rings. The molecule has 0 unspecified atom stereocenters. The zero-order valence-electron chi connectivity index (χ0n) is 14.5. The van der Waals surface area contributed by atoms with Gasteiger partial charge in [0.25, 0.3) is 5.91 Å². The number of hydrogen-bond donors (Lipinski definition) is 1. The molecule has 2 aromatic carbocycles. The van der Waals surface area contributed by atoms with E-state index in [1.54, 1.807) is 24.3 Å². The monoisotopic (exact) mass is 424 g/mol. The number of carbonyl (C=O) groups excluding carboxylic acids is 3. The average molecular weight is 425 g/mol. The van der Waals surface area contributed by atoms with Crippen molar-refractivity contribution in [1.29, 1.82) is 0 Å². The van der Waals surface area contributed by atoms with Crippen molar-refractivity contribution in [3.05, 3.63) is 58.3 Å². The molecule has 2 amide bonds. The Morgan fingerprint density at radius 3 is 2.64 bits per heavy atom. The lowest BCUT2D eigenvalue weighted by atomic mass is 10.1. The third-order valence-electron chi connectivity index (χ3n) is 4.15. The summed E-state index contributed by atoms with van der Waals surface area (Å²) in [5.41, 5.74) is 0.795. The Balaban J connectivity index is 1.54. The van der Waals surface area contributed by atoms with Crippen LogP contribution in [0.1, 0.15) is 6.42 Å². The molecule has 28 heavy (non-hydrogen) atoms. The van der Waals surface area contributed by atoms with Crippen molar-refractivity contribution in [2.45, 2.75) is 6.42 Å². The van der Waals surface area contributed by atoms with E-state index in [2.05, 4.69) is 5.32 Å². The number of anilines is 2. The largest absolute Gasteiger partial charge is 0.455 e. The number of halogens is 3. The Morgan fingerprint density at radius 2 is 1.93 bits per heavy atom. The molecule has 3 rings (SSSR count). The number of carbonyl (C=O) groups is 3. The highest BCUT2D eigenvalue weighted by molar-refractivity contribution is 6.34. The van der Waals surface area contributed by atoms with Gasteiger partial charge in [0, 0.05) is 18.7 Å². The lowest BCUT2D eigenvalue weighted by molar-refractivity contribution is -0.151. The quantitative estimate of drug-likeness (QED) is 0.742. The average Bonchev–Trinajstić information content (AvgIpc) is 3.05. The summed E-state index contributed by atoms with van der Waals surface area (Å²) in [6.45, 7) is -0.415. The molecule has 1 N–H and O–H groups in total. The summed E-state index contributed by atoms with van der Waals surface area (Å²) in [5.74, 6) is -2.82. The minimum absolute atomic E-state index is 0.0285. The van der Waals surface area contributed by atoms with Gasteiger partial charge in [0.05, 0.1) is 21.7 Å². The van der Waals surface area contributed by atoms with Gasteiger partial charge in [-0.3, -0.25) is 14.4 Å². The fourth-order valence-electron chi connectivity index (χ4n) is 2.79. The predicted octanol–water partition coefficient (Wildman–Crippen LogP) is 3.67. The van der Waals surface area contributed by atoms with E-state index < -0.39 is 30.2 Å². The Morgan fingerprint density at radius 1 is 1.18 bits per heavy atom. The number of rotatable bonds is 5. The van der Waals surface area contributed by atoms with Crippen molar-refractivity contribution in [2.75, 3.05) is 23.4 Å². The molecule has 1 fully saturated rings. The SMILES string of the molecule is O=C(COC(=O)[C@H]1CC(=O)N(c2ccccc2Cl)C1)Nc1ccc(F)c(Cl)c1. The van der Waals surface area contributed by atoms with Crippen LogP contribution in [0.15, 0.2) is 42.5 Å². The van der Waals surface area contributed by atoms with Crippen LogP contribution in [0.25, 0.3) is 0 Å². The Bertz CT molecular complexity index is 938. The first-order valence-electron chi connectivity index (χ1n) is 8.31. The third-order valence-corrected chi connectivity index (χ3v) is 4.76. The second-order valence-electron chi connectivity index (χ2n) is 6.14. The number of benzene rings is 2. The van der Waals surface area contributed by atoms with E-state index in [1.807, 2.05) is 0 Å². The van der Waals surface area contributed by atoms with E-state index in [4.69, 9.17) is 27.9 Å². The van der Waals surface area contributed by atoms with Crippen LogP contribution < -0.4 is 10.2 Å². The normalized spacial score (nSPS) is 16.2. The second-order valence-corrected chi connectivity index (χ2v) is 6.96. The summed E-state index contributed by atoms with van der Waals surface area (Å²) in [7, 11) is 0. The van der Waals surface area contributed by atoms with Crippen molar-refractivity contribution in [2.24, 2.45) is 5.92 Å². The molecule has 9 heteroatoms. The highest BCUT2D eigenvalue weighted by Crippen LogP contribution is 2.31. The van der Waals surface area contributed by atoms with Crippen LogP contribution in [0.2, 0.25) is 10.0 Å². The van der Waals surface area contributed by atoms with Crippen LogP contribution in [0.5, 0.6) is 0 Å².